The van der Waals surface area contributed by atoms with Gasteiger partial charge in [0.15, 0.2) is 0 Å². The maximum absolute atomic E-state index is 14.0. The van der Waals surface area contributed by atoms with Gasteiger partial charge in [-0.3, -0.25) is 9.69 Å². The normalized spacial score (nSPS) is 18.8. The Balaban J connectivity index is 2.30. The van der Waals surface area contributed by atoms with E-state index in [1.165, 1.54) is 12.1 Å². The molecule has 0 bridgehead atoms. The summed E-state index contributed by atoms with van der Waals surface area (Å²) in [7, 11) is 0. The second-order valence-electron chi connectivity index (χ2n) is 4.55. The second kappa shape index (κ2) is 6.45. The van der Waals surface area contributed by atoms with Gasteiger partial charge in [-0.05, 0) is 25.1 Å². The van der Waals surface area contributed by atoms with Crippen LogP contribution in [0.5, 0.6) is 0 Å². The molecule has 1 aromatic rings. The first-order chi connectivity index (χ1) is 9.09. The summed E-state index contributed by atoms with van der Waals surface area (Å²) in [4.78, 5) is 13.3. The summed E-state index contributed by atoms with van der Waals surface area (Å²) in [6, 6.07) is 3.59. The average molecular weight is 331 g/mol. The van der Waals surface area contributed by atoms with E-state index in [1.807, 2.05) is 4.90 Å². The zero-order chi connectivity index (χ0) is 13.8. The summed E-state index contributed by atoms with van der Waals surface area (Å²) < 4.78 is 14.6. The number of nitrogens with zero attached hydrogens (tertiary/aromatic N) is 1. The van der Waals surface area contributed by atoms with E-state index in [-0.39, 0.29) is 5.56 Å². The van der Waals surface area contributed by atoms with Gasteiger partial charge in [-0.15, -0.1) is 0 Å². The fourth-order valence-corrected chi connectivity index (χ4v) is 2.67. The molecule has 1 unspecified atom stereocenters. The Kier molecular flexibility index (Phi) is 4.90. The Labute approximate surface area is 119 Å². The van der Waals surface area contributed by atoms with Gasteiger partial charge in [-0.25, -0.2) is 4.39 Å². The van der Waals surface area contributed by atoms with Crippen molar-refractivity contribution in [2.24, 2.45) is 0 Å². The van der Waals surface area contributed by atoms with E-state index in [2.05, 4.69) is 21.2 Å². The van der Waals surface area contributed by atoms with Gasteiger partial charge in [0.2, 0.25) is 0 Å². The molecule has 0 radical (unpaired) electrons. The molecule has 1 aliphatic heterocycles. The van der Waals surface area contributed by atoms with Crippen molar-refractivity contribution in [2.45, 2.75) is 12.5 Å². The van der Waals surface area contributed by atoms with Gasteiger partial charge in [-0.2, -0.15) is 0 Å². The molecule has 1 heterocycles. The zero-order valence-electron chi connectivity index (χ0n) is 10.4. The molecule has 0 amide bonds. The third-order valence-corrected chi connectivity index (χ3v) is 3.72. The lowest BCUT2D eigenvalue weighted by molar-refractivity contribution is -0.143. The molecule has 4 nitrogen and oxygen atoms in total. The molecule has 1 fully saturated rings. The number of hydrogen-bond donors (Lipinski definition) is 2. The van der Waals surface area contributed by atoms with Gasteiger partial charge in [-0.1, -0.05) is 22.0 Å². The van der Waals surface area contributed by atoms with Crippen molar-refractivity contribution in [1.29, 1.82) is 0 Å². The maximum atomic E-state index is 14.0. The molecule has 1 atom stereocenters. The van der Waals surface area contributed by atoms with Crippen LogP contribution in [-0.4, -0.2) is 42.2 Å². The number of carboxylic acid groups (broad SMARTS) is 1. The third-order valence-electron chi connectivity index (χ3n) is 3.23. The van der Waals surface area contributed by atoms with Crippen LogP contribution >= 0.6 is 15.9 Å². The Morgan fingerprint density at radius 2 is 2.21 bits per heavy atom. The lowest BCUT2D eigenvalue weighted by atomic mass is 10.0. The molecule has 19 heavy (non-hydrogen) atoms. The number of halogens is 2. The zero-order valence-corrected chi connectivity index (χ0v) is 12.0. The van der Waals surface area contributed by atoms with Crippen molar-refractivity contribution in [2.75, 3.05) is 26.2 Å². The highest BCUT2D eigenvalue weighted by Gasteiger charge is 2.30. The highest BCUT2D eigenvalue weighted by molar-refractivity contribution is 9.10. The predicted molar refractivity (Wildman–Crippen MR) is 73.5 cm³/mol. The summed E-state index contributed by atoms with van der Waals surface area (Å²) in [5, 5.41) is 12.6. The Morgan fingerprint density at radius 1 is 1.42 bits per heavy atom. The smallest absolute Gasteiger partial charge is 0.325 e. The summed E-state index contributed by atoms with van der Waals surface area (Å²) in [6.07, 6.45) is 0.863. The molecular formula is C13H16BrFN2O2. The Hall–Kier alpha value is -0.980. The molecule has 1 aliphatic rings. The summed E-state index contributed by atoms with van der Waals surface area (Å²) >= 11 is 3.18. The number of rotatable bonds is 3. The minimum atomic E-state index is -1.01. The molecule has 0 aromatic heterocycles. The highest BCUT2D eigenvalue weighted by Crippen LogP contribution is 2.26. The molecule has 2 rings (SSSR count). The van der Waals surface area contributed by atoms with Crippen molar-refractivity contribution in [1.82, 2.24) is 10.2 Å². The van der Waals surface area contributed by atoms with Crippen LogP contribution in [0.1, 0.15) is 18.0 Å². The van der Waals surface area contributed by atoms with Crippen molar-refractivity contribution < 1.29 is 14.3 Å². The van der Waals surface area contributed by atoms with Gasteiger partial charge >= 0.3 is 5.97 Å². The topological polar surface area (TPSA) is 52.6 Å². The van der Waals surface area contributed by atoms with Gasteiger partial charge in [0.25, 0.3) is 0 Å². The number of benzene rings is 1. The van der Waals surface area contributed by atoms with E-state index >= 15 is 0 Å². The molecule has 6 heteroatoms. The van der Waals surface area contributed by atoms with Gasteiger partial charge in [0, 0.05) is 29.7 Å². The predicted octanol–water partition coefficient (Wildman–Crippen LogP) is 2.01. The molecular weight excluding hydrogens is 315 g/mol. The monoisotopic (exact) mass is 330 g/mol. The van der Waals surface area contributed by atoms with Crippen molar-refractivity contribution >= 4 is 21.9 Å². The quantitative estimate of drug-likeness (QED) is 0.890. The van der Waals surface area contributed by atoms with Gasteiger partial charge in [0.05, 0.1) is 0 Å². The molecule has 0 spiro atoms. The first-order valence-electron chi connectivity index (χ1n) is 6.22. The van der Waals surface area contributed by atoms with Crippen LogP contribution in [0, 0.1) is 5.82 Å². The second-order valence-corrected chi connectivity index (χ2v) is 5.46. The van der Waals surface area contributed by atoms with Gasteiger partial charge < -0.3 is 10.4 Å². The summed E-state index contributed by atoms with van der Waals surface area (Å²) in [6.45, 7) is 2.85. The van der Waals surface area contributed by atoms with Crippen molar-refractivity contribution in [3.8, 4) is 0 Å². The van der Waals surface area contributed by atoms with Crippen molar-refractivity contribution in [3.63, 3.8) is 0 Å². The standard InChI is InChI=1S/C13H16BrFN2O2/c14-9-2-3-10(11(15)8-9)12(13(18)19)17-6-1-4-16-5-7-17/h2-3,8,12,16H,1,4-7H2,(H,18,19). The molecule has 2 N–H and O–H groups in total. The Bertz CT molecular complexity index is 462. The fourth-order valence-electron chi connectivity index (χ4n) is 2.33. The summed E-state index contributed by atoms with van der Waals surface area (Å²) in [5.74, 6) is -1.50. The van der Waals surface area contributed by atoms with E-state index in [0.29, 0.717) is 17.6 Å². The number of carbonyl (C=O) groups is 1. The average Bonchev–Trinajstić information content (AvgIpc) is 2.61. The number of carboxylic acids is 1. The maximum Gasteiger partial charge on any atom is 0.325 e. The van der Waals surface area contributed by atoms with Crippen LogP contribution < -0.4 is 5.32 Å². The van der Waals surface area contributed by atoms with E-state index in [0.717, 1.165) is 19.5 Å². The van der Waals surface area contributed by atoms with Gasteiger partial charge in [0.1, 0.15) is 11.9 Å². The fraction of sp³-hybridized carbons (Fsp3) is 0.462. The van der Waals surface area contributed by atoms with Crippen LogP contribution in [-0.2, 0) is 4.79 Å². The minimum absolute atomic E-state index is 0.220. The van der Waals surface area contributed by atoms with Crippen molar-refractivity contribution in [3.05, 3.63) is 34.1 Å². The van der Waals surface area contributed by atoms with Crippen LogP contribution in [0.3, 0.4) is 0 Å². The third kappa shape index (κ3) is 3.52. The first-order valence-corrected chi connectivity index (χ1v) is 7.01. The van der Waals surface area contributed by atoms with Crippen LogP contribution in [0.25, 0.3) is 0 Å². The SMILES string of the molecule is O=C(O)C(c1ccc(Br)cc1F)N1CCCNCC1. The molecule has 1 saturated heterocycles. The lowest BCUT2D eigenvalue weighted by Gasteiger charge is -2.27. The molecule has 0 aliphatic carbocycles. The van der Waals surface area contributed by atoms with E-state index in [1.54, 1.807) is 6.07 Å². The lowest BCUT2D eigenvalue weighted by Crippen LogP contribution is -2.37. The van der Waals surface area contributed by atoms with Crippen LogP contribution in [0.15, 0.2) is 22.7 Å². The van der Waals surface area contributed by atoms with Crippen LogP contribution in [0.4, 0.5) is 4.39 Å². The number of nitrogens with one attached hydrogen (secondary N) is 1. The minimum Gasteiger partial charge on any atom is -0.480 e. The number of hydrogen-bond acceptors (Lipinski definition) is 3. The first kappa shape index (κ1) is 14.4. The molecule has 1 aromatic carbocycles. The molecule has 104 valence electrons. The largest absolute Gasteiger partial charge is 0.480 e. The molecule has 0 saturated carbocycles. The highest BCUT2D eigenvalue weighted by atomic mass is 79.9. The van der Waals surface area contributed by atoms with E-state index in [9.17, 15) is 14.3 Å². The number of aliphatic carboxylic acids is 1. The van der Waals surface area contributed by atoms with Crippen LogP contribution in [0.2, 0.25) is 0 Å². The van der Waals surface area contributed by atoms with E-state index in [4.69, 9.17) is 0 Å². The van der Waals surface area contributed by atoms with E-state index < -0.39 is 17.8 Å². The Morgan fingerprint density at radius 3 is 2.89 bits per heavy atom. The summed E-state index contributed by atoms with van der Waals surface area (Å²) in [5.41, 5.74) is 0.220.